The van der Waals surface area contributed by atoms with Crippen LogP contribution in [0.5, 0.6) is 5.75 Å². The number of carbonyl (C=O) groups is 2. The molecule has 122 valence electrons. The first kappa shape index (κ1) is 18.6. The summed E-state index contributed by atoms with van der Waals surface area (Å²) in [6, 6.07) is 6.85. The Bertz CT molecular complexity index is 458. The van der Waals surface area contributed by atoms with Crippen LogP contribution in [0, 0.1) is 0 Å². The molecular formula is C16H21BrO5. The summed E-state index contributed by atoms with van der Waals surface area (Å²) in [5, 5.41) is 0. The van der Waals surface area contributed by atoms with Gasteiger partial charge >= 0.3 is 11.9 Å². The van der Waals surface area contributed by atoms with Crippen LogP contribution in [-0.4, -0.2) is 31.8 Å². The smallest absolute Gasteiger partial charge is 0.337 e. The minimum atomic E-state index is -0.557. The molecule has 0 radical (unpaired) electrons. The van der Waals surface area contributed by atoms with Crippen LogP contribution >= 0.6 is 15.9 Å². The molecule has 0 aliphatic rings. The van der Waals surface area contributed by atoms with Gasteiger partial charge in [-0.2, -0.15) is 0 Å². The number of unbranched alkanes of at least 4 members (excludes halogenated alkanes) is 3. The van der Waals surface area contributed by atoms with Gasteiger partial charge in [0.25, 0.3) is 0 Å². The zero-order valence-corrected chi connectivity index (χ0v) is 14.3. The molecule has 0 saturated heterocycles. The minimum absolute atomic E-state index is 0.247. The molecule has 1 aromatic carbocycles. The normalized spacial score (nSPS) is 10.3. The summed E-state index contributed by atoms with van der Waals surface area (Å²) in [4.78, 5) is 22.8. The average Bonchev–Trinajstić information content (AvgIpc) is 2.49. The van der Waals surface area contributed by atoms with Crippen molar-refractivity contribution in [1.82, 2.24) is 0 Å². The van der Waals surface area contributed by atoms with E-state index in [-0.39, 0.29) is 13.2 Å². The van der Waals surface area contributed by atoms with Gasteiger partial charge in [-0.05, 0) is 30.7 Å². The molecular weight excluding hydrogens is 352 g/mol. The largest absolute Gasteiger partial charge is 0.464 e. The van der Waals surface area contributed by atoms with Crippen LogP contribution in [0.3, 0.4) is 0 Å². The van der Waals surface area contributed by atoms with Crippen molar-refractivity contribution in [3.63, 3.8) is 0 Å². The van der Waals surface area contributed by atoms with Crippen molar-refractivity contribution in [1.29, 1.82) is 0 Å². The van der Waals surface area contributed by atoms with E-state index in [0.717, 1.165) is 30.2 Å². The maximum Gasteiger partial charge on any atom is 0.337 e. The van der Waals surface area contributed by atoms with Crippen molar-refractivity contribution in [2.24, 2.45) is 0 Å². The minimum Gasteiger partial charge on any atom is -0.464 e. The molecule has 0 fully saturated rings. The lowest BCUT2D eigenvalue weighted by Crippen LogP contribution is -2.20. The van der Waals surface area contributed by atoms with E-state index in [9.17, 15) is 9.59 Å². The first-order valence-corrected chi connectivity index (χ1v) is 8.10. The lowest BCUT2D eigenvalue weighted by Gasteiger charge is -2.06. The summed E-state index contributed by atoms with van der Waals surface area (Å²) in [6.45, 7) is 1.98. The van der Waals surface area contributed by atoms with E-state index in [0.29, 0.717) is 12.4 Å². The van der Waals surface area contributed by atoms with Gasteiger partial charge in [0.05, 0.1) is 6.61 Å². The fraction of sp³-hybridized carbons (Fsp3) is 0.500. The Morgan fingerprint density at radius 2 is 1.68 bits per heavy atom. The maximum atomic E-state index is 11.5. The SMILES string of the molecule is CCCCCCOC(=O)COCC(=O)Oc1ccc(Br)cc1. The third-order valence-electron chi connectivity index (χ3n) is 2.75. The molecule has 0 aliphatic carbocycles. The van der Waals surface area contributed by atoms with Gasteiger partial charge in [0.1, 0.15) is 19.0 Å². The van der Waals surface area contributed by atoms with E-state index >= 15 is 0 Å². The molecule has 1 aromatic rings. The monoisotopic (exact) mass is 372 g/mol. The number of benzene rings is 1. The van der Waals surface area contributed by atoms with E-state index in [1.165, 1.54) is 0 Å². The van der Waals surface area contributed by atoms with Crippen LogP contribution < -0.4 is 4.74 Å². The maximum absolute atomic E-state index is 11.5. The number of rotatable bonds is 10. The Kier molecular flexibility index (Phi) is 9.50. The molecule has 0 saturated carbocycles. The van der Waals surface area contributed by atoms with Gasteiger partial charge in [-0.25, -0.2) is 9.59 Å². The van der Waals surface area contributed by atoms with Crippen LogP contribution in [-0.2, 0) is 19.1 Å². The molecule has 0 aliphatic heterocycles. The van der Waals surface area contributed by atoms with E-state index in [1.54, 1.807) is 24.3 Å². The summed E-state index contributed by atoms with van der Waals surface area (Å²) in [6.07, 6.45) is 4.17. The zero-order valence-electron chi connectivity index (χ0n) is 12.7. The first-order valence-electron chi connectivity index (χ1n) is 7.31. The number of carbonyl (C=O) groups excluding carboxylic acids is 2. The number of ether oxygens (including phenoxy) is 3. The summed E-state index contributed by atoms with van der Waals surface area (Å²) in [5.41, 5.74) is 0. The topological polar surface area (TPSA) is 61.8 Å². The number of hydrogen-bond acceptors (Lipinski definition) is 5. The van der Waals surface area contributed by atoms with E-state index < -0.39 is 11.9 Å². The van der Waals surface area contributed by atoms with Crippen LogP contribution in [0.25, 0.3) is 0 Å². The second-order valence-electron chi connectivity index (χ2n) is 4.70. The highest BCUT2D eigenvalue weighted by molar-refractivity contribution is 9.10. The molecule has 1 rings (SSSR count). The van der Waals surface area contributed by atoms with Gasteiger partial charge in [0.15, 0.2) is 0 Å². The number of halogens is 1. The van der Waals surface area contributed by atoms with Crippen molar-refractivity contribution in [2.45, 2.75) is 32.6 Å². The van der Waals surface area contributed by atoms with Gasteiger partial charge in [0.2, 0.25) is 0 Å². The highest BCUT2D eigenvalue weighted by Gasteiger charge is 2.08. The number of esters is 2. The molecule has 22 heavy (non-hydrogen) atoms. The lowest BCUT2D eigenvalue weighted by atomic mass is 10.2. The second-order valence-corrected chi connectivity index (χ2v) is 5.62. The first-order chi connectivity index (χ1) is 10.6. The zero-order chi connectivity index (χ0) is 16.2. The van der Waals surface area contributed by atoms with Gasteiger partial charge in [-0.15, -0.1) is 0 Å². The molecule has 0 amide bonds. The molecule has 0 aromatic heterocycles. The van der Waals surface area contributed by atoms with Crippen LogP contribution in [0.15, 0.2) is 28.7 Å². The summed E-state index contributed by atoms with van der Waals surface area (Å²) in [7, 11) is 0. The van der Waals surface area contributed by atoms with E-state index in [4.69, 9.17) is 14.2 Å². The Balaban J connectivity index is 2.09. The molecule has 5 nitrogen and oxygen atoms in total. The van der Waals surface area contributed by atoms with Crippen molar-refractivity contribution < 1.29 is 23.8 Å². The summed E-state index contributed by atoms with van der Waals surface area (Å²) < 4.78 is 15.9. The third kappa shape index (κ3) is 8.79. The van der Waals surface area contributed by atoms with Crippen molar-refractivity contribution >= 4 is 27.9 Å². The van der Waals surface area contributed by atoms with Crippen LogP contribution in [0.2, 0.25) is 0 Å². The molecule has 0 heterocycles. The molecule has 0 bridgehead atoms. The van der Waals surface area contributed by atoms with Crippen molar-refractivity contribution in [3.8, 4) is 5.75 Å². The van der Waals surface area contributed by atoms with Crippen LogP contribution in [0.1, 0.15) is 32.6 Å². The molecule has 0 atom stereocenters. The standard InChI is InChI=1S/C16H21BrO5/c1-2-3-4-5-10-21-15(18)11-20-12-16(19)22-14-8-6-13(17)7-9-14/h6-9H,2-5,10-12H2,1H3. The third-order valence-corrected chi connectivity index (χ3v) is 3.27. The van der Waals surface area contributed by atoms with E-state index in [1.807, 2.05) is 0 Å². The fourth-order valence-electron chi connectivity index (χ4n) is 1.64. The quantitative estimate of drug-likeness (QED) is 0.357. The molecule has 0 spiro atoms. The summed E-state index contributed by atoms with van der Waals surface area (Å²) in [5.74, 6) is -0.596. The van der Waals surface area contributed by atoms with E-state index in [2.05, 4.69) is 22.9 Å². The highest BCUT2D eigenvalue weighted by atomic mass is 79.9. The Morgan fingerprint density at radius 3 is 2.36 bits per heavy atom. The average molecular weight is 373 g/mol. The van der Waals surface area contributed by atoms with Gasteiger partial charge in [-0.1, -0.05) is 42.1 Å². The molecule has 0 N–H and O–H groups in total. The molecule has 0 unspecified atom stereocenters. The second kappa shape index (κ2) is 11.2. The van der Waals surface area contributed by atoms with Gasteiger partial charge < -0.3 is 14.2 Å². The summed E-state index contributed by atoms with van der Waals surface area (Å²) >= 11 is 3.29. The Hall–Kier alpha value is -1.40. The Morgan fingerprint density at radius 1 is 1.00 bits per heavy atom. The fourth-order valence-corrected chi connectivity index (χ4v) is 1.90. The van der Waals surface area contributed by atoms with Gasteiger partial charge in [0, 0.05) is 4.47 Å². The van der Waals surface area contributed by atoms with Crippen molar-refractivity contribution in [3.05, 3.63) is 28.7 Å². The lowest BCUT2D eigenvalue weighted by molar-refractivity contribution is -0.152. The highest BCUT2D eigenvalue weighted by Crippen LogP contribution is 2.16. The Labute approximate surface area is 139 Å². The predicted molar refractivity (Wildman–Crippen MR) is 85.7 cm³/mol. The van der Waals surface area contributed by atoms with Crippen LogP contribution in [0.4, 0.5) is 0 Å². The number of hydrogen-bond donors (Lipinski definition) is 0. The van der Waals surface area contributed by atoms with Crippen molar-refractivity contribution in [2.75, 3.05) is 19.8 Å². The molecule has 6 heteroatoms. The van der Waals surface area contributed by atoms with Gasteiger partial charge in [-0.3, -0.25) is 0 Å². The predicted octanol–water partition coefficient (Wildman–Crippen LogP) is 3.49.